The largest absolute Gasteiger partial charge is 0.352 e. The average Bonchev–Trinajstić information content (AvgIpc) is 2.63. The number of unbranched alkanes of at least 4 members (excludes halogenated alkanes) is 1. The van der Waals surface area contributed by atoms with Crippen LogP contribution in [0.15, 0.2) is 24.3 Å². The lowest BCUT2D eigenvalue weighted by Crippen LogP contribution is -2.33. The molecule has 0 saturated carbocycles. The second-order valence-corrected chi connectivity index (χ2v) is 8.19. The first-order chi connectivity index (χ1) is 10.7. The molecule has 6 nitrogen and oxygen atoms in total. The van der Waals surface area contributed by atoms with Crippen molar-refractivity contribution in [1.29, 1.82) is 0 Å². The summed E-state index contributed by atoms with van der Waals surface area (Å²) < 4.78 is 25.4. The Balaban J connectivity index is 2.30. The highest BCUT2D eigenvalue weighted by atomic mass is 32.2. The van der Waals surface area contributed by atoms with Crippen LogP contribution in [-0.2, 0) is 14.8 Å². The molecule has 0 unspecified atom stereocenters. The molecule has 23 heavy (non-hydrogen) atoms. The Morgan fingerprint density at radius 3 is 2.61 bits per heavy atom. The number of benzene rings is 1. The highest BCUT2D eigenvalue weighted by Crippen LogP contribution is 2.35. The van der Waals surface area contributed by atoms with Gasteiger partial charge >= 0.3 is 0 Å². The van der Waals surface area contributed by atoms with Crippen LogP contribution in [0.1, 0.15) is 44.0 Å². The summed E-state index contributed by atoms with van der Waals surface area (Å²) >= 11 is 0. The van der Waals surface area contributed by atoms with Crippen molar-refractivity contribution < 1.29 is 18.0 Å². The molecule has 1 saturated heterocycles. The first kappa shape index (κ1) is 17.5. The molecule has 1 aromatic carbocycles. The number of carbonyl (C=O) groups excluding carboxylic acids is 2. The third-order valence-electron chi connectivity index (χ3n) is 3.74. The van der Waals surface area contributed by atoms with E-state index in [0.717, 1.165) is 17.1 Å². The van der Waals surface area contributed by atoms with E-state index in [0.29, 0.717) is 12.1 Å². The number of amides is 2. The first-order valence-corrected chi connectivity index (χ1v) is 9.25. The Hall–Kier alpha value is -1.89. The summed E-state index contributed by atoms with van der Waals surface area (Å²) in [4.78, 5) is 24.5. The summed E-state index contributed by atoms with van der Waals surface area (Å²) in [6, 6.07) is 6.15. The lowest BCUT2D eigenvalue weighted by Gasteiger charge is -2.18. The van der Waals surface area contributed by atoms with Gasteiger partial charge in [0.2, 0.25) is 15.9 Å². The van der Waals surface area contributed by atoms with Crippen LogP contribution < -0.4 is 9.62 Å². The maximum absolute atomic E-state index is 12.4. The van der Waals surface area contributed by atoms with Gasteiger partial charge < -0.3 is 5.32 Å². The Morgan fingerprint density at radius 1 is 1.35 bits per heavy atom. The molecule has 2 amide bonds. The normalized spacial score (nSPS) is 18.9. The molecule has 126 valence electrons. The monoisotopic (exact) mass is 338 g/mol. The van der Waals surface area contributed by atoms with Crippen molar-refractivity contribution in [2.24, 2.45) is 5.41 Å². The van der Waals surface area contributed by atoms with Crippen LogP contribution >= 0.6 is 0 Å². The molecule has 0 spiro atoms. The minimum Gasteiger partial charge on any atom is -0.352 e. The van der Waals surface area contributed by atoms with Gasteiger partial charge in [0.05, 0.1) is 16.9 Å². The zero-order valence-corrected chi connectivity index (χ0v) is 14.4. The molecule has 0 bridgehead atoms. The van der Waals surface area contributed by atoms with Gasteiger partial charge in [-0.25, -0.2) is 12.7 Å². The summed E-state index contributed by atoms with van der Waals surface area (Å²) in [5.74, 6) is -0.976. The predicted molar refractivity (Wildman–Crippen MR) is 88.7 cm³/mol. The van der Waals surface area contributed by atoms with E-state index >= 15 is 0 Å². The topological polar surface area (TPSA) is 83.6 Å². The van der Waals surface area contributed by atoms with E-state index in [9.17, 15) is 18.0 Å². The van der Waals surface area contributed by atoms with E-state index < -0.39 is 21.3 Å². The quantitative estimate of drug-likeness (QED) is 0.831. The number of nitrogens with zero attached hydrogens (tertiary/aromatic N) is 1. The van der Waals surface area contributed by atoms with Crippen molar-refractivity contribution in [3.8, 4) is 0 Å². The lowest BCUT2D eigenvalue weighted by atomic mass is 9.95. The summed E-state index contributed by atoms with van der Waals surface area (Å²) in [5, 5.41) is 2.77. The molecule has 0 aliphatic carbocycles. The first-order valence-electron chi connectivity index (χ1n) is 7.65. The van der Waals surface area contributed by atoms with Crippen molar-refractivity contribution in [2.45, 2.75) is 33.6 Å². The highest BCUT2D eigenvalue weighted by Gasteiger charge is 2.49. The van der Waals surface area contributed by atoms with Crippen LogP contribution in [0.4, 0.5) is 5.69 Å². The van der Waals surface area contributed by atoms with Crippen molar-refractivity contribution in [3.05, 3.63) is 29.8 Å². The number of carbonyl (C=O) groups is 2. The maximum atomic E-state index is 12.4. The summed E-state index contributed by atoms with van der Waals surface area (Å²) in [5.41, 5.74) is -0.409. The van der Waals surface area contributed by atoms with Gasteiger partial charge in [-0.05, 0) is 38.5 Å². The van der Waals surface area contributed by atoms with Crippen molar-refractivity contribution >= 4 is 27.5 Å². The molecule has 2 rings (SSSR count). The van der Waals surface area contributed by atoms with Crippen LogP contribution in [0.2, 0.25) is 0 Å². The second-order valence-electron chi connectivity index (χ2n) is 6.37. The van der Waals surface area contributed by atoms with Crippen molar-refractivity contribution in [2.75, 3.05) is 16.6 Å². The molecule has 1 aliphatic heterocycles. The van der Waals surface area contributed by atoms with E-state index in [1.165, 1.54) is 12.1 Å². The van der Waals surface area contributed by atoms with Crippen LogP contribution in [0, 0.1) is 5.41 Å². The fourth-order valence-electron chi connectivity index (χ4n) is 2.52. The van der Waals surface area contributed by atoms with E-state index in [1.54, 1.807) is 26.0 Å². The molecule has 7 heteroatoms. The Morgan fingerprint density at radius 2 is 2.04 bits per heavy atom. The van der Waals surface area contributed by atoms with Crippen LogP contribution in [0.25, 0.3) is 0 Å². The molecule has 1 fully saturated rings. The minimum atomic E-state index is -3.71. The lowest BCUT2D eigenvalue weighted by molar-refractivity contribution is -0.123. The number of rotatable bonds is 5. The average molecular weight is 338 g/mol. The van der Waals surface area contributed by atoms with Crippen molar-refractivity contribution in [3.63, 3.8) is 0 Å². The van der Waals surface area contributed by atoms with Crippen LogP contribution in [0.3, 0.4) is 0 Å². The molecular weight excluding hydrogens is 316 g/mol. The third kappa shape index (κ3) is 3.55. The number of sulfonamides is 1. The van der Waals surface area contributed by atoms with Gasteiger partial charge in [0.15, 0.2) is 0 Å². The zero-order chi connectivity index (χ0) is 17.3. The van der Waals surface area contributed by atoms with E-state index in [-0.39, 0.29) is 17.3 Å². The standard InChI is InChI=1S/C16H22N2O4S/c1-4-5-9-17-14(19)12-7-6-8-13(10-12)18-15(20)16(2,3)11-23(18,21)22/h6-8,10H,4-5,9,11H2,1-3H3,(H,17,19). The Kier molecular flexibility index (Phi) is 4.79. The molecule has 0 aromatic heterocycles. The molecule has 1 N–H and O–H groups in total. The Labute approximate surface area is 136 Å². The fraction of sp³-hybridized carbons (Fsp3) is 0.500. The molecule has 0 radical (unpaired) electrons. The molecule has 1 heterocycles. The number of nitrogens with one attached hydrogen (secondary N) is 1. The van der Waals surface area contributed by atoms with Gasteiger partial charge in [0, 0.05) is 12.1 Å². The zero-order valence-electron chi connectivity index (χ0n) is 13.6. The van der Waals surface area contributed by atoms with E-state index in [4.69, 9.17) is 0 Å². The van der Waals surface area contributed by atoms with Crippen molar-refractivity contribution in [1.82, 2.24) is 5.32 Å². The van der Waals surface area contributed by atoms with Gasteiger partial charge in [-0.2, -0.15) is 0 Å². The van der Waals surface area contributed by atoms with Gasteiger partial charge in [0.25, 0.3) is 5.91 Å². The van der Waals surface area contributed by atoms with Crippen LogP contribution in [0.5, 0.6) is 0 Å². The number of hydrogen-bond acceptors (Lipinski definition) is 4. The minimum absolute atomic E-state index is 0.212. The van der Waals surface area contributed by atoms with Gasteiger partial charge in [-0.15, -0.1) is 0 Å². The van der Waals surface area contributed by atoms with E-state index in [1.807, 2.05) is 6.92 Å². The SMILES string of the molecule is CCCCNC(=O)c1cccc(N2C(=O)C(C)(C)CS2(=O)=O)c1. The highest BCUT2D eigenvalue weighted by molar-refractivity contribution is 7.94. The third-order valence-corrected chi connectivity index (χ3v) is 5.76. The molecule has 1 aliphatic rings. The molecular formula is C16H22N2O4S. The van der Waals surface area contributed by atoms with Gasteiger partial charge in [-0.3, -0.25) is 9.59 Å². The summed E-state index contributed by atoms with van der Waals surface area (Å²) in [7, 11) is -3.71. The molecule has 1 aromatic rings. The number of anilines is 1. The summed E-state index contributed by atoms with van der Waals surface area (Å²) in [6.07, 6.45) is 1.84. The fourth-order valence-corrected chi connectivity index (χ4v) is 4.61. The smallest absolute Gasteiger partial charge is 0.251 e. The predicted octanol–water partition coefficient (Wildman–Crippen LogP) is 1.92. The maximum Gasteiger partial charge on any atom is 0.251 e. The van der Waals surface area contributed by atoms with E-state index in [2.05, 4.69) is 5.32 Å². The second kappa shape index (κ2) is 6.31. The Bertz CT molecular complexity index is 725. The number of hydrogen-bond donors (Lipinski definition) is 1. The van der Waals surface area contributed by atoms with Gasteiger partial charge in [0.1, 0.15) is 0 Å². The summed E-state index contributed by atoms with van der Waals surface area (Å²) in [6.45, 7) is 5.80. The van der Waals surface area contributed by atoms with Crippen LogP contribution in [-0.4, -0.2) is 32.5 Å². The van der Waals surface area contributed by atoms with Gasteiger partial charge in [-0.1, -0.05) is 19.4 Å². The molecule has 0 atom stereocenters.